The molecule has 1 aromatic carbocycles. The summed E-state index contributed by atoms with van der Waals surface area (Å²) in [5, 5.41) is 0. The summed E-state index contributed by atoms with van der Waals surface area (Å²) in [4.78, 5) is 22.4. The number of benzene rings is 1. The lowest BCUT2D eigenvalue weighted by Gasteiger charge is -2.30. The second kappa shape index (κ2) is 6.20. The molecule has 0 radical (unpaired) electrons. The van der Waals surface area contributed by atoms with Gasteiger partial charge in [-0.25, -0.2) is 4.79 Å². The first-order chi connectivity index (χ1) is 9.08. The molecular formula is C16H22O3. The fourth-order valence-electron chi connectivity index (χ4n) is 2.57. The third-order valence-electron chi connectivity index (χ3n) is 4.00. The van der Waals surface area contributed by atoms with Gasteiger partial charge in [0.2, 0.25) is 0 Å². The Hall–Kier alpha value is -1.35. The molecule has 3 atom stereocenters. The summed E-state index contributed by atoms with van der Waals surface area (Å²) in [7, 11) is 0. The maximum absolute atomic E-state index is 11.9. The molecule has 0 heterocycles. The summed E-state index contributed by atoms with van der Waals surface area (Å²) in [6.45, 7) is 6.26. The maximum Gasteiger partial charge on any atom is 0.373 e. The summed E-state index contributed by atoms with van der Waals surface area (Å²) >= 11 is 0. The maximum atomic E-state index is 11.9. The number of carbonyl (C=O) groups excluding carboxylic acids is 1. The van der Waals surface area contributed by atoms with Crippen LogP contribution in [-0.4, -0.2) is 12.1 Å². The fourth-order valence-corrected chi connectivity index (χ4v) is 2.57. The molecule has 1 saturated carbocycles. The van der Waals surface area contributed by atoms with E-state index in [1.807, 2.05) is 25.1 Å². The Balaban J connectivity index is 1.91. The first-order valence-electron chi connectivity index (χ1n) is 7.01. The summed E-state index contributed by atoms with van der Waals surface area (Å²) in [5.74, 6) is 0.683. The minimum absolute atomic E-state index is 0.0247. The third-order valence-corrected chi connectivity index (χ3v) is 4.00. The minimum atomic E-state index is -0.400. The second-order valence-electron chi connectivity index (χ2n) is 5.72. The van der Waals surface area contributed by atoms with Crippen molar-refractivity contribution in [1.29, 1.82) is 0 Å². The zero-order valence-electron chi connectivity index (χ0n) is 11.9. The monoisotopic (exact) mass is 262 g/mol. The van der Waals surface area contributed by atoms with Crippen LogP contribution in [0.3, 0.4) is 0 Å². The molecule has 19 heavy (non-hydrogen) atoms. The van der Waals surface area contributed by atoms with Crippen LogP contribution in [0.2, 0.25) is 0 Å². The molecule has 1 aliphatic rings. The molecule has 0 spiro atoms. The van der Waals surface area contributed by atoms with Gasteiger partial charge in [0.15, 0.2) is 0 Å². The molecule has 3 nitrogen and oxygen atoms in total. The number of hydrogen-bond donors (Lipinski definition) is 0. The Kier molecular flexibility index (Phi) is 4.59. The van der Waals surface area contributed by atoms with Gasteiger partial charge in [-0.05, 0) is 43.2 Å². The largest absolute Gasteiger partial charge is 0.373 e. The normalized spacial score (nSPS) is 27.0. The number of rotatable bonds is 3. The molecule has 0 bridgehead atoms. The van der Waals surface area contributed by atoms with Gasteiger partial charge < -0.3 is 0 Å². The van der Waals surface area contributed by atoms with Gasteiger partial charge in [-0.15, -0.1) is 0 Å². The Morgan fingerprint density at radius 1 is 1.21 bits per heavy atom. The van der Waals surface area contributed by atoms with Crippen LogP contribution in [0.25, 0.3) is 0 Å². The Morgan fingerprint density at radius 3 is 2.68 bits per heavy atom. The van der Waals surface area contributed by atoms with Gasteiger partial charge in [-0.1, -0.05) is 38.5 Å². The highest BCUT2D eigenvalue weighted by Crippen LogP contribution is 2.30. The van der Waals surface area contributed by atoms with Crippen molar-refractivity contribution in [2.24, 2.45) is 11.8 Å². The highest BCUT2D eigenvalue weighted by atomic mass is 17.2. The van der Waals surface area contributed by atoms with Crippen LogP contribution in [0.15, 0.2) is 24.3 Å². The molecule has 0 saturated heterocycles. The van der Waals surface area contributed by atoms with Crippen LogP contribution in [0, 0.1) is 18.8 Å². The van der Waals surface area contributed by atoms with E-state index in [9.17, 15) is 4.79 Å². The number of aryl methyl sites for hydroxylation is 1. The quantitative estimate of drug-likeness (QED) is 0.612. The van der Waals surface area contributed by atoms with Gasteiger partial charge in [-0.3, -0.25) is 4.89 Å². The van der Waals surface area contributed by atoms with Crippen molar-refractivity contribution < 1.29 is 14.6 Å². The zero-order chi connectivity index (χ0) is 13.8. The van der Waals surface area contributed by atoms with Crippen LogP contribution in [0.1, 0.15) is 49.0 Å². The Labute approximate surface area is 114 Å². The molecular weight excluding hydrogens is 240 g/mol. The molecule has 2 rings (SSSR count). The van der Waals surface area contributed by atoms with E-state index in [0.717, 1.165) is 18.4 Å². The number of carbonyl (C=O) groups is 1. The molecule has 104 valence electrons. The van der Waals surface area contributed by atoms with E-state index in [1.54, 1.807) is 6.07 Å². The molecule has 1 aliphatic carbocycles. The minimum Gasteiger partial charge on any atom is -0.293 e. The first-order valence-corrected chi connectivity index (χ1v) is 7.01. The van der Waals surface area contributed by atoms with E-state index >= 15 is 0 Å². The molecule has 0 N–H and O–H groups in total. The molecule has 3 unspecified atom stereocenters. The SMILES string of the molecule is Cc1ccccc1C(=O)OOC1CC(C)CCC1C. The fraction of sp³-hybridized carbons (Fsp3) is 0.562. The lowest BCUT2D eigenvalue weighted by atomic mass is 9.82. The van der Waals surface area contributed by atoms with E-state index < -0.39 is 5.97 Å². The lowest BCUT2D eigenvalue weighted by Crippen LogP contribution is -2.30. The van der Waals surface area contributed by atoms with E-state index in [2.05, 4.69) is 13.8 Å². The highest BCUT2D eigenvalue weighted by molar-refractivity contribution is 5.90. The highest BCUT2D eigenvalue weighted by Gasteiger charge is 2.28. The van der Waals surface area contributed by atoms with Crippen molar-refractivity contribution in [3.63, 3.8) is 0 Å². The molecule has 0 amide bonds. The Morgan fingerprint density at radius 2 is 1.95 bits per heavy atom. The van der Waals surface area contributed by atoms with Crippen molar-refractivity contribution in [1.82, 2.24) is 0 Å². The molecule has 1 aromatic rings. The summed E-state index contributed by atoms with van der Waals surface area (Å²) in [6.07, 6.45) is 3.35. The van der Waals surface area contributed by atoms with Crippen molar-refractivity contribution >= 4 is 5.97 Å². The summed E-state index contributed by atoms with van der Waals surface area (Å²) in [5.41, 5.74) is 1.47. The van der Waals surface area contributed by atoms with E-state index in [-0.39, 0.29) is 6.10 Å². The first kappa shape index (κ1) is 14.1. The van der Waals surface area contributed by atoms with E-state index in [1.165, 1.54) is 6.42 Å². The number of hydrogen-bond acceptors (Lipinski definition) is 3. The van der Waals surface area contributed by atoms with Crippen LogP contribution >= 0.6 is 0 Å². The van der Waals surface area contributed by atoms with Crippen molar-refractivity contribution in [2.45, 2.75) is 46.1 Å². The average Bonchev–Trinajstić information content (AvgIpc) is 2.40. The van der Waals surface area contributed by atoms with Crippen molar-refractivity contribution in [3.8, 4) is 0 Å². The van der Waals surface area contributed by atoms with Gasteiger partial charge in [-0.2, -0.15) is 4.89 Å². The van der Waals surface area contributed by atoms with Crippen LogP contribution in [0.5, 0.6) is 0 Å². The van der Waals surface area contributed by atoms with Gasteiger partial charge in [0.05, 0.1) is 5.56 Å². The summed E-state index contributed by atoms with van der Waals surface area (Å²) in [6, 6.07) is 7.38. The van der Waals surface area contributed by atoms with Crippen LogP contribution in [0.4, 0.5) is 0 Å². The molecule has 3 heteroatoms. The smallest absolute Gasteiger partial charge is 0.293 e. The van der Waals surface area contributed by atoms with E-state index in [0.29, 0.717) is 17.4 Å². The molecule has 0 aromatic heterocycles. The standard InChI is InChI=1S/C16H22O3/c1-11-8-9-13(3)15(10-11)18-19-16(17)14-7-5-4-6-12(14)2/h4-7,11,13,15H,8-10H2,1-3H3. The van der Waals surface area contributed by atoms with Crippen molar-refractivity contribution in [2.75, 3.05) is 0 Å². The van der Waals surface area contributed by atoms with Crippen LogP contribution < -0.4 is 0 Å². The van der Waals surface area contributed by atoms with Gasteiger partial charge >= 0.3 is 5.97 Å². The Bertz CT molecular complexity index is 441. The predicted octanol–water partition coefficient (Wildman–Crippen LogP) is 3.91. The topological polar surface area (TPSA) is 35.5 Å². The second-order valence-corrected chi connectivity index (χ2v) is 5.72. The summed E-state index contributed by atoms with van der Waals surface area (Å²) < 4.78 is 0. The predicted molar refractivity (Wildman–Crippen MR) is 73.6 cm³/mol. The van der Waals surface area contributed by atoms with Crippen molar-refractivity contribution in [3.05, 3.63) is 35.4 Å². The molecule has 1 fully saturated rings. The van der Waals surface area contributed by atoms with E-state index in [4.69, 9.17) is 9.78 Å². The van der Waals surface area contributed by atoms with Gasteiger partial charge in [0.1, 0.15) is 6.10 Å². The van der Waals surface area contributed by atoms with Crippen LogP contribution in [-0.2, 0) is 9.78 Å². The zero-order valence-corrected chi connectivity index (χ0v) is 11.9. The lowest BCUT2D eigenvalue weighted by molar-refractivity contribution is -0.291. The van der Waals surface area contributed by atoms with Gasteiger partial charge in [0, 0.05) is 0 Å². The third kappa shape index (κ3) is 3.57. The average molecular weight is 262 g/mol. The molecule has 0 aliphatic heterocycles. The van der Waals surface area contributed by atoms with Gasteiger partial charge in [0.25, 0.3) is 0 Å².